The third-order valence-electron chi connectivity index (χ3n) is 4.31. The lowest BCUT2D eigenvalue weighted by atomic mass is 10.0. The fourth-order valence-electron chi connectivity index (χ4n) is 2.73. The molecule has 0 amide bonds. The molecule has 0 aliphatic heterocycles. The zero-order valence-corrected chi connectivity index (χ0v) is 15.7. The van der Waals surface area contributed by atoms with Crippen LogP contribution in [0.4, 0.5) is 13.2 Å². The van der Waals surface area contributed by atoms with Gasteiger partial charge in [-0.25, -0.2) is 26.3 Å². The summed E-state index contributed by atoms with van der Waals surface area (Å²) in [4.78, 5) is -0.458. The summed E-state index contributed by atoms with van der Waals surface area (Å²) in [5.74, 6) is -0.963. The Kier molecular flexibility index (Phi) is 4.86. The van der Waals surface area contributed by atoms with Crippen molar-refractivity contribution in [2.24, 2.45) is 0 Å². The van der Waals surface area contributed by atoms with Crippen LogP contribution in [-0.2, 0) is 9.84 Å². The summed E-state index contributed by atoms with van der Waals surface area (Å²) in [6.07, 6.45) is -1.90. The fourth-order valence-corrected chi connectivity index (χ4v) is 3.46. The van der Waals surface area contributed by atoms with Crippen molar-refractivity contribution >= 4 is 9.84 Å². The number of halogens is 3. The first-order valence-corrected chi connectivity index (χ1v) is 9.93. The van der Waals surface area contributed by atoms with Crippen LogP contribution in [0.15, 0.2) is 47.4 Å². The second kappa shape index (κ2) is 6.84. The Morgan fingerprint density at radius 1 is 1.00 bits per heavy atom. The fraction of sp³-hybridized carbons (Fsp3) is 0.211. The molecule has 1 heterocycles. The van der Waals surface area contributed by atoms with Gasteiger partial charge in [0.25, 0.3) is 6.43 Å². The summed E-state index contributed by atoms with van der Waals surface area (Å²) in [5, 5.41) is 3.89. The van der Waals surface area contributed by atoms with Gasteiger partial charge in [0.15, 0.2) is 9.84 Å². The Morgan fingerprint density at radius 2 is 1.70 bits per heavy atom. The Morgan fingerprint density at radius 3 is 2.26 bits per heavy atom. The minimum Gasteiger partial charge on any atom is -0.233 e. The molecule has 8 heteroatoms. The summed E-state index contributed by atoms with van der Waals surface area (Å²) in [7, 11) is -3.74. The van der Waals surface area contributed by atoms with Gasteiger partial charge in [-0.2, -0.15) is 5.10 Å². The second-order valence-corrected chi connectivity index (χ2v) is 8.34. The van der Waals surface area contributed by atoms with Crippen LogP contribution in [0.3, 0.4) is 0 Å². The smallest absolute Gasteiger partial charge is 0.233 e. The van der Waals surface area contributed by atoms with Crippen LogP contribution >= 0.6 is 0 Å². The number of hydrogen-bond acceptors (Lipinski definition) is 3. The average Bonchev–Trinajstić information content (AvgIpc) is 3.01. The lowest BCUT2D eigenvalue weighted by Crippen LogP contribution is -2.05. The molecule has 142 valence electrons. The highest BCUT2D eigenvalue weighted by Crippen LogP contribution is 2.30. The first-order valence-electron chi connectivity index (χ1n) is 8.03. The van der Waals surface area contributed by atoms with Crippen LogP contribution in [0.2, 0.25) is 0 Å². The van der Waals surface area contributed by atoms with E-state index in [1.807, 2.05) is 26.0 Å². The normalized spacial score (nSPS) is 12.0. The molecule has 0 spiro atoms. The molecule has 0 atom stereocenters. The van der Waals surface area contributed by atoms with Gasteiger partial charge in [-0.05, 0) is 49.2 Å². The maximum Gasteiger partial charge on any atom is 0.282 e. The van der Waals surface area contributed by atoms with Gasteiger partial charge in [0.05, 0.1) is 11.4 Å². The highest BCUT2D eigenvalue weighted by atomic mass is 32.2. The molecule has 27 heavy (non-hydrogen) atoms. The van der Waals surface area contributed by atoms with Crippen LogP contribution in [0, 0.1) is 19.7 Å². The Balaban J connectivity index is 2.20. The summed E-state index contributed by atoms with van der Waals surface area (Å²) in [6.45, 7) is 3.83. The van der Waals surface area contributed by atoms with Gasteiger partial charge < -0.3 is 0 Å². The van der Waals surface area contributed by atoms with E-state index in [9.17, 15) is 21.6 Å². The van der Waals surface area contributed by atoms with Crippen molar-refractivity contribution in [1.82, 2.24) is 9.78 Å². The zero-order valence-electron chi connectivity index (χ0n) is 14.9. The number of nitrogens with zero attached hydrogens (tertiary/aromatic N) is 2. The maximum absolute atomic E-state index is 14.3. The number of benzene rings is 2. The minimum absolute atomic E-state index is 0.153. The van der Waals surface area contributed by atoms with E-state index in [1.165, 1.54) is 16.8 Å². The SMILES string of the molecule is Cc1ccc(-c2cc(C(F)F)nn2-c2ccc(S(C)(=O)=O)c(F)c2)cc1C. The molecular formula is C19H17F3N2O2S. The molecule has 0 unspecified atom stereocenters. The first-order chi connectivity index (χ1) is 12.6. The molecule has 0 saturated heterocycles. The molecule has 0 fully saturated rings. The standard InChI is InChI=1S/C19H17F3N2O2S/c1-11-4-5-13(8-12(11)2)17-10-16(19(21)22)23-24(17)14-6-7-18(15(20)9-14)27(3,25)26/h4-10,19H,1-3H3. The minimum atomic E-state index is -3.74. The number of hydrogen-bond donors (Lipinski definition) is 0. The molecule has 0 N–H and O–H groups in total. The van der Waals surface area contributed by atoms with Crippen LogP contribution in [-0.4, -0.2) is 24.5 Å². The summed E-state index contributed by atoms with van der Waals surface area (Å²) in [5.41, 5.74) is 2.72. The van der Waals surface area contributed by atoms with E-state index in [1.54, 1.807) is 6.07 Å². The van der Waals surface area contributed by atoms with Gasteiger partial charge in [-0.3, -0.25) is 0 Å². The number of rotatable bonds is 4. The van der Waals surface area contributed by atoms with Gasteiger partial charge in [-0.1, -0.05) is 12.1 Å². The predicted octanol–water partition coefficient (Wildman–Crippen LogP) is 4.64. The van der Waals surface area contributed by atoms with E-state index < -0.39 is 32.7 Å². The van der Waals surface area contributed by atoms with Crippen molar-refractivity contribution in [3.63, 3.8) is 0 Å². The van der Waals surface area contributed by atoms with E-state index in [0.717, 1.165) is 29.5 Å². The molecule has 3 rings (SSSR count). The van der Waals surface area contributed by atoms with Gasteiger partial charge in [0.1, 0.15) is 16.4 Å². The molecule has 2 aromatic carbocycles. The molecule has 3 aromatic rings. The van der Waals surface area contributed by atoms with Crippen molar-refractivity contribution in [1.29, 1.82) is 0 Å². The Bertz CT molecular complexity index is 1120. The third-order valence-corrected chi connectivity index (χ3v) is 5.44. The predicted molar refractivity (Wildman–Crippen MR) is 96.5 cm³/mol. The Labute approximate surface area is 155 Å². The quantitative estimate of drug-likeness (QED) is 0.648. The van der Waals surface area contributed by atoms with E-state index >= 15 is 0 Å². The van der Waals surface area contributed by atoms with Crippen molar-refractivity contribution in [2.75, 3.05) is 6.26 Å². The van der Waals surface area contributed by atoms with Crippen LogP contribution in [0.25, 0.3) is 16.9 Å². The highest BCUT2D eigenvalue weighted by Gasteiger charge is 2.20. The third kappa shape index (κ3) is 3.75. The molecular weight excluding hydrogens is 377 g/mol. The number of aryl methyl sites for hydroxylation is 2. The maximum atomic E-state index is 14.3. The monoisotopic (exact) mass is 394 g/mol. The zero-order chi connectivity index (χ0) is 19.9. The Hall–Kier alpha value is -2.61. The molecule has 0 aliphatic rings. The van der Waals surface area contributed by atoms with Crippen LogP contribution in [0.1, 0.15) is 23.2 Å². The van der Waals surface area contributed by atoms with E-state index in [0.29, 0.717) is 11.3 Å². The molecule has 0 bridgehead atoms. The average molecular weight is 394 g/mol. The summed E-state index contributed by atoms with van der Waals surface area (Å²) < 4.78 is 65.1. The lowest BCUT2D eigenvalue weighted by molar-refractivity contribution is 0.145. The number of alkyl halides is 2. The van der Waals surface area contributed by atoms with E-state index in [-0.39, 0.29) is 5.69 Å². The number of sulfone groups is 1. The van der Waals surface area contributed by atoms with Gasteiger partial charge in [0, 0.05) is 17.9 Å². The van der Waals surface area contributed by atoms with E-state index in [2.05, 4.69) is 5.10 Å². The lowest BCUT2D eigenvalue weighted by Gasteiger charge is -2.10. The largest absolute Gasteiger partial charge is 0.282 e. The molecule has 0 aliphatic carbocycles. The first kappa shape index (κ1) is 19.2. The second-order valence-electron chi connectivity index (χ2n) is 6.35. The highest BCUT2D eigenvalue weighted by molar-refractivity contribution is 7.90. The molecule has 1 aromatic heterocycles. The number of aromatic nitrogens is 2. The van der Waals surface area contributed by atoms with Gasteiger partial charge in [0.2, 0.25) is 0 Å². The topological polar surface area (TPSA) is 52.0 Å². The molecule has 0 saturated carbocycles. The van der Waals surface area contributed by atoms with Crippen molar-refractivity contribution < 1.29 is 21.6 Å². The summed E-state index contributed by atoms with van der Waals surface area (Å²) in [6, 6.07) is 10.1. The van der Waals surface area contributed by atoms with Crippen molar-refractivity contribution in [3.8, 4) is 16.9 Å². The van der Waals surface area contributed by atoms with Crippen molar-refractivity contribution in [2.45, 2.75) is 25.2 Å². The van der Waals surface area contributed by atoms with E-state index in [4.69, 9.17) is 0 Å². The van der Waals surface area contributed by atoms with Crippen molar-refractivity contribution in [3.05, 3.63) is 65.1 Å². The van der Waals surface area contributed by atoms with Crippen LogP contribution in [0.5, 0.6) is 0 Å². The van der Waals surface area contributed by atoms with Gasteiger partial charge in [-0.15, -0.1) is 0 Å². The molecule has 0 radical (unpaired) electrons. The van der Waals surface area contributed by atoms with Gasteiger partial charge >= 0.3 is 0 Å². The molecule has 4 nitrogen and oxygen atoms in total. The van der Waals surface area contributed by atoms with Crippen LogP contribution < -0.4 is 0 Å². The summed E-state index contributed by atoms with van der Waals surface area (Å²) >= 11 is 0.